The molecule has 5 nitrogen and oxygen atoms in total. The van der Waals surface area contributed by atoms with Crippen LogP contribution in [0.1, 0.15) is 10.4 Å². The maximum atomic E-state index is 12.0. The molecule has 1 aromatic rings. The molecule has 2 unspecified atom stereocenters. The molecule has 7 heteroatoms. The highest BCUT2D eigenvalue weighted by atomic mass is 35.5. The Morgan fingerprint density at radius 3 is 2.18 bits per heavy atom. The Hall–Kier alpha value is -0.880. The van der Waals surface area contributed by atoms with E-state index in [4.69, 9.17) is 23.2 Å². The Balaban J connectivity index is 2.20. The predicted molar refractivity (Wildman–Crippen MR) is 62.2 cm³/mol. The monoisotopic (exact) mass is 276 g/mol. The van der Waals surface area contributed by atoms with Crippen LogP contribution in [-0.2, 0) is 0 Å². The number of nitrogens with zero attached hydrogens (tertiary/aromatic N) is 2. The second kappa shape index (κ2) is 4.78. The van der Waals surface area contributed by atoms with Gasteiger partial charge in [-0.25, -0.2) is 4.98 Å². The number of pyridine rings is 1. The zero-order valence-corrected chi connectivity index (χ0v) is 10.2. The number of hydrogen-bond donors (Lipinski definition) is 2. The van der Waals surface area contributed by atoms with Crippen molar-refractivity contribution in [1.29, 1.82) is 0 Å². The Morgan fingerprint density at radius 1 is 1.24 bits per heavy atom. The molecule has 0 radical (unpaired) electrons. The first-order valence-corrected chi connectivity index (χ1v) is 5.71. The fourth-order valence-electron chi connectivity index (χ4n) is 1.71. The Kier molecular flexibility index (Phi) is 3.53. The van der Waals surface area contributed by atoms with Gasteiger partial charge in [0, 0.05) is 18.7 Å². The van der Waals surface area contributed by atoms with E-state index in [-0.39, 0.29) is 34.9 Å². The zero-order chi connectivity index (χ0) is 12.6. The molecule has 0 spiro atoms. The summed E-state index contributed by atoms with van der Waals surface area (Å²) < 4.78 is 0. The molecule has 1 aromatic heterocycles. The van der Waals surface area contributed by atoms with E-state index in [0.717, 1.165) is 0 Å². The molecule has 0 saturated carbocycles. The molecule has 1 fully saturated rings. The van der Waals surface area contributed by atoms with Crippen LogP contribution in [0.2, 0.25) is 10.3 Å². The number of carbonyl (C=O) groups is 1. The molecule has 0 aliphatic carbocycles. The number of hydrogen-bond acceptors (Lipinski definition) is 4. The number of carbonyl (C=O) groups excluding carboxylic acids is 1. The van der Waals surface area contributed by atoms with Crippen molar-refractivity contribution in [3.63, 3.8) is 0 Å². The van der Waals surface area contributed by atoms with Crippen molar-refractivity contribution in [2.24, 2.45) is 0 Å². The van der Waals surface area contributed by atoms with Gasteiger partial charge in [-0.2, -0.15) is 0 Å². The molecule has 0 bridgehead atoms. The molecular formula is C10H10Cl2N2O3. The second-order valence-electron chi connectivity index (χ2n) is 3.85. The third-order valence-electron chi connectivity index (χ3n) is 2.56. The smallest absolute Gasteiger partial charge is 0.254 e. The number of likely N-dealkylation sites (tertiary alicyclic amines) is 1. The highest BCUT2D eigenvalue weighted by Crippen LogP contribution is 2.19. The van der Waals surface area contributed by atoms with Gasteiger partial charge in [0.05, 0.1) is 12.2 Å². The van der Waals surface area contributed by atoms with E-state index in [9.17, 15) is 15.0 Å². The molecule has 2 rings (SSSR count). The van der Waals surface area contributed by atoms with Gasteiger partial charge in [0.1, 0.15) is 10.3 Å². The van der Waals surface area contributed by atoms with E-state index >= 15 is 0 Å². The van der Waals surface area contributed by atoms with Crippen LogP contribution in [0, 0.1) is 0 Å². The van der Waals surface area contributed by atoms with E-state index in [2.05, 4.69) is 4.98 Å². The van der Waals surface area contributed by atoms with Gasteiger partial charge in [-0.3, -0.25) is 4.79 Å². The van der Waals surface area contributed by atoms with E-state index in [0.29, 0.717) is 0 Å². The summed E-state index contributed by atoms with van der Waals surface area (Å²) in [5.74, 6) is -0.341. The molecule has 1 saturated heterocycles. The highest BCUT2D eigenvalue weighted by molar-refractivity contribution is 6.33. The summed E-state index contributed by atoms with van der Waals surface area (Å²) in [5.41, 5.74) is 0.288. The SMILES string of the molecule is O=C(c1cc(Cl)nc(Cl)c1)N1CC(O)C(O)C1. The molecule has 1 amide bonds. The highest BCUT2D eigenvalue weighted by Gasteiger charge is 2.33. The standard InChI is InChI=1S/C10H10Cl2N2O3/c11-8-1-5(2-9(12)13-8)10(17)14-3-6(15)7(16)4-14/h1-2,6-7,15-16H,3-4H2. The van der Waals surface area contributed by atoms with Crippen molar-refractivity contribution in [3.8, 4) is 0 Å². The fourth-order valence-corrected chi connectivity index (χ4v) is 2.17. The summed E-state index contributed by atoms with van der Waals surface area (Å²) in [4.78, 5) is 17.1. The Bertz CT molecular complexity index is 425. The minimum Gasteiger partial charge on any atom is -0.388 e. The molecule has 2 N–H and O–H groups in total. The maximum Gasteiger partial charge on any atom is 0.254 e. The first kappa shape index (κ1) is 12.6. The van der Waals surface area contributed by atoms with Crippen molar-refractivity contribution in [2.45, 2.75) is 12.2 Å². The summed E-state index contributed by atoms with van der Waals surface area (Å²) in [6, 6.07) is 2.79. The normalized spacial score (nSPS) is 24.1. The van der Waals surface area contributed by atoms with Gasteiger partial charge in [-0.1, -0.05) is 23.2 Å². The van der Waals surface area contributed by atoms with Crippen molar-refractivity contribution >= 4 is 29.1 Å². The van der Waals surface area contributed by atoms with Crippen LogP contribution in [0.5, 0.6) is 0 Å². The number of rotatable bonds is 1. The van der Waals surface area contributed by atoms with E-state index in [1.54, 1.807) is 0 Å². The van der Waals surface area contributed by atoms with Gasteiger partial charge in [-0.15, -0.1) is 0 Å². The van der Waals surface area contributed by atoms with E-state index in [1.165, 1.54) is 17.0 Å². The largest absolute Gasteiger partial charge is 0.388 e. The first-order valence-electron chi connectivity index (χ1n) is 4.96. The van der Waals surface area contributed by atoms with Gasteiger partial charge in [0.2, 0.25) is 0 Å². The lowest BCUT2D eigenvalue weighted by Gasteiger charge is -2.15. The van der Waals surface area contributed by atoms with E-state index in [1.807, 2.05) is 0 Å². The molecule has 1 aliphatic rings. The van der Waals surface area contributed by atoms with Crippen LogP contribution in [0.25, 0.3) is 0 Å². The van der Waals surface area contributed by atoms with Crippen molar-refractivity contribution in [1.82, 2.24) is 9.88 Å². The molecule has 2 atom stereocenters. The molecule has 2 heterocycles. The average Bonchev–Trinajstić information content (AvgIpc) is 2.57. The molecule has 1 aliphatic heterocycles. The van der Waals surface area contributed by atoms with Crippen LogP contribution < -0.4 is 0 Å². The third kappa shape index (κ3) is 2.69. The lowest BCUT2D eigenvalue weighted by atomic mass is 10.2. The number of aliphatic hydroxyl groups is 2. The number of β-amino-alcohol motifs (C(OH)–C–C–N with tert-alkyl or cyclic N) is 2. The number of aliphatic hydroxyl groups excluding tert-OH is 2. The van der Waals surface area contributed by atoms with Crippen LogP contribution in [0.4, 0.5) is 0 Å². The lowest BCUT2D eigenvalue weighted by Crippen LogP contribution is -2.29. The van der Waals surface area contributed by atoms with Gasteiger partial charge < -0.3 is 15.1 Å². The summed E-state index contributed by atoms with van der Waals surface area (Å²) >= 11 is 11.4. The summed E-state index contributed by atoms with van der Waals surface area (Å²) in [5, 5.41) is 19.0. The van der Waals surface area contributed by atoms with Crippen molar-refractivity contribution < 1.29 is 15.0 Å². The first-order chi connectivity index (χ1) is 7.97. The van der Waals surface area contributed by atoms with Crippen LogP contribution in [0.15, 0.2) is 12.1 Å². The van der Waals surface area contributed by atoms with Crippen LogP contribution >= 0.6 is 23.2 Å². The third-order valence-corrected chi connectivity index (χ3v) is 2.94. The number of aromatic nitrogens is 1. The fraction of sp³-hybridized carbons (Fsp3) is 0.400. The average molecular weight is 277 g/mol. The van der Waals surface area contributed by atoms with Crippen molar-refractivity contribution in [2.75, 3.05) is 13.1 Å². The van der Waals surface area contributed by atoms with E-state index < -0.39 is 12.2 Å². The molecule has 92 valence electrons. The van der Waals surface area contributed by atoms with Crippen LogP contribution in [0.3, 0.4) is 0 Å². The minimum atomic E-state index is -0.910. The topological polar surface area (TPSA) is 73.7 Å². The molecular weight excluding hydrogens is 267 g/mol. The van der Waals surface area contributed by atoms with Crippen molar-refractivity contribution in [3.05, 3.63) is 28.0 Å². The van der Waals surface area contributed by atoms with Gasteiger partial charge >= 0.3 is 0 Å². The van der Waals surface area contributed by atoms with Gasteiger partial charge in [0.15, 0.2) is 0 Å². The summed E-state index contributed by atoms with van der Waals surface area (Å²) in [7, 11) is 0. The summed E-state index contributed by atoms with van der Waals surface area (Å²) in [6.07, 6.45) is -1.82. The molecule has 17 heavy (non-hydrogen) atoms. The predicted octanol–water partition coefficient (Wildman–Crippen LogP) is 0.566. The minimum absolute atomic E-state index is 0.0948. The Morgan fingerprint density at radius 2 is 1.71 bits per heavy atom. The van der Waals surface area contributed by atoms with Crippen LogP contribution in [-0.4, -0.2) is 51.3 Å². The molecule has 0 aromatic carbocycles. The maximum absolute atomic E-state index is 12.0. The van der Waals surface area contributed by atoms with Gasteiger partial charge in [0.25, 0.3) is 5.91 Å². The Labute approximate surface area is 108 Å². The number of halogens is 2. The quantitative estimate of drug-likeness (QED) is 0.736. The number of amides is 1. The zero-order valence-electron chi connectivity index (χ0n) is 8.68. The summed E-state index contributed by atoms with van der Waals surface area (Å²) in [6.45, 7) is 0.190. The second-order valence-corrected chi connectivity index (χ2v) is 4.62. The lowest BCUT2D eigenvalue weighted by molar-refractivity contribution is 0.0572. The van der Waals surface area contributed by atoms with Gasteiger partial charge in [-0.05, 0) is 12.1 Å².